The summed E-state index contributed by atoms with van der Waals surface area (Å²) in [6, 6.07) is 10.6. The number of methoxy groups -OCH3 is 1. The van der Waals surface area contributed by atoms with Gasteiger partial charge in [0.2, 0.25) is 5.88 Å². The van der Waals surface area contributed by atoms with Crippen molar-refractivity contribution < 1.29 is 44.8 Å². The number of alkyl halides is 3. The number of amides is 1. The second-order valence-corrected chi connectivity index (χ2v) is 10.4. The Morgan fingerprint density at radius 3 is 2.42 bits per heavy atom. The Hall–Kier alpha value is -3.26. The van der Waals surface area contributed by atoms with E-state index in [4.69, 9.17) is 37.4 Å². The monoisotopic (exact) mass is 622 g/mol. The van der Waals surface area contributed by atoms with E-state index in [1.807, 2.05) is 0 Å². The van der Waals surface area contributed by atoms with Crippen molar-refractivity contribution >= 4 is 39.4 Å². The fraction of sp³-hybridized carbons (Fsp3) is 0.280. The number of carbonyl (C=O) groups excluding carboxylic acids is 1. The van der Waals surface area contributed by atoms with Crippen molar-refractivity contribution in [2.45, 2.75) is 23.9 Å². The Balaban J connectivity index is 1.66. The number of hydrogen-bond donors (Lipinski definition) is 1. The van der Waals surface area contributed by atoms with Crippen molar-refractivity contribution in [2.24, 2.45) is 0 Å². The third kappa shape index (κ3) is 9.15. The molecule has 0 unspecified atom stereocenters. The highest BCUT2D eigenvalue weighted by Crippen LogP contribution is 2.36. The van der Waals surface area contributed by atoms with Crippen LogP contribution < -0.4 is 14.8 Å². The van der Waals surface area contributed by atoms with Gasteiger partial charge in [0.05, 0.1) is 12.2 Å². The molecular formula is C25H23Cl2F3N2O7S. The van der Waals surface area contributed by atoms with E-state index in [0.717, 1.165) is 0 Å². The summed E-state index contributed by atoms with van der Waals surface area (Å²) in [5.74, 6) is 0.351. The van der Waals surface area contributed by atoms with Gasteiger partial charge >= 0.3 is 22.4 Å². The molecule has 0 atom stereocenters. The topological polar surface area (TPSA) is 113 Å². The van der Waals surface area contributed by atoms with E-state index < -0.39 is 28.0 Å². The lowest BCUT2D eigenvalue weighted by molar-refractivity contribution is -0.137. The molecule has 0 saturated heterocycles. The number of aromatic nitrogens is 1. The van der Waals surface area contributed by atoms with Crippen LogP contribution in [0.15, 0.2) is 59.6 Å². The van der Waals surface area contributed by atoms with Gasteiger partial charge in [-0.05, 0) is 54.8 Å². The summed E-state index contributed by atoms with van der Waals surface area (Å²) in [7, 11) is -2.83. The first kappa shape index (κ1) is 31.3. The molecule has 0 spiro atoms. The van der Waals surface area contributed by atoms with E-state index in [1.54, 1.807) is 12.1 Å². The van der Waals surface area contributed by atoms with Crippen LogP contribution >= 0.6 is 23.2 Å². The van der Waals surface area contributed by atoms with Gasteiger partial charge in [-0.1, -0.05) is 29.3 Å². The molecule has 0 aliphatic carbocycles. The minimum Gasteiger partial charge on any atom is -0.491 e. The van der Waals surface area contributed by atoms with Crippen molar-refractivity contribution in [2.75, 3.05) is 26.9 Å². The SMILES string of the molecule is COCCOc1ccc(CCCNC(=O)OS(=O)(=O)c2ccc(Cl)cc2)c(Oc2ncc(C(F)(F)F)cc2Cl)c1. The summed E-state index contributed by atoms with van der Waals surface area (Å²) in [4.78, 5) is 15.5. The second kappa shape index (κ2) is 13.9. The predicted octanol–water partition coefficient (Wildman–Crippen LogP) is 6.27. The third-order valence-corrected chi connectivity index (χ3v) is 6.86. The van der Waals surface area contributed by atoms with Gasteiger partial charge in [0.1, 0.15) is 28.0 Å². The van der Waals surface area contributed by atoms with E-state index in [2.05, 4.69) is 14.5 Å². The Labute approximate surface area is 238 Å². The highest BCUT2D eigenvalue weighted by atomic mass is 35.5. The highest BCUT2D eigenvalue weighted by molar-refractivity contribution is 7.87. The quantitative estimate of drug-likeness (QED) is 0.186. The zero-order valence-corrected chi connectivity index (χ0v) is 23.2. The minimum atomic E-state index is -4.63. The molecule has 216 valence electrons. The number of carbonyl (C=O) groups is 1. The number of benzene rings is 2. The Bertz CT molecular complexity index is 1420. The van der Waals surface area contributed by atoms with Crippen LogP contribution in [-0.4, -0.2) is 46.4 Å². The highest BCUT2D eigenvalue weighted by Gasteiger charge is 2.32. The number of ether oxygens (including phenoxy) is 3. The summed E-state index contributed by atoms with van der Waals surface area (Å²) in [5.41, 5.74) is -0.446. The molecule has 1 amide bonds. The first-order valence-corrected chi connectivity index (χ1v) is 13.7. The Morgan fingerprint density at radius 1 is 1.05 bits per heavy atom. The van der Waals surface area contributed by atoms with Crippen LogP contribution in [0.1, 0.15) is 17.5 Å². The molecule has 0 saturated carbocycles. The van der Waals surface area contributed by atoms with Gasteiger partial charge in [-0.3, -0.25) is 0 Å². The van der Waals surface area contributed by atoms with Crippen molar-refractivity contribution in [1.29, 1.82) is 0 Å². The maximum absolute atomic E-state index is 13.0. The average Bonchev–Trinajstić information content (AvgIpc) is 2.88. The number of nitrogens with zero attached hydrogens (tertiary/aromatic N) is 1. The summed E-state index contributed by atoms with van der Waals surface area (Å²) in [6.45, 7) is 0.582. The molecule has 1 N–H and O–H groups in total. The molecule has 1 heterocycles. The van der Waals surface area contributed by atoms with Gasteiger partial charge in [0.25, 0.3) is 0 Å². The van der Waals surface area contributed by atoms with E-state index in [1.165, 1.54) is 37.4 Å². The molecule has 1 aromatic heterocycles. The van der Waals surface area contributed by atoms with Crippen LogP contribution in [0.2, 0.25) is 10.0 Å². The van der Waals surface area contributed by atoms with Gasteiger partial charge < -0.3 is 23.7 Å². The summed E-state index contributed by atoms with van der Waals surface area (Å²) in [5, 5.41) is 2.32. The van der Waals surface area contributed by atoms with Crippen molar-refractivity contribution in [3.05, 3.63) is 75.9 Å². The zero-order valence-electron chi connectivity index (χ0n) is 20.8. The lowest BCUT2D eigenvalue weighted by atomic mass is 10.1. The van der Waals surface area contributed by atoms with Gasteiger partial charge in [-0.25, -0.2) is 9.78 Å². The van der Waals surface area contributed by atoms with Crippen molar-refractivity contribution in [3.63, 3.8) is 0 Å². The van der Waals surface area contributed by atoms with Crippen LogP contribution in [0.5, 0.6) is 17.4 Å². The molecule has 0 bridgehead atoms. The summed E-state index contributed by atoms with van der Waals surface area (Å²) in [6.07, 6.45) is -4.58. The van der Waals surface area contributed by atoms with Crippen LogP contribution in [-0.2, 0) is 31.6 Å². The number of pyridine rings is 1. The number of aryl methyl sites for hydroxylation is 1. The van der Waals surface area contributed by atoms with Crippen molar-refractivity contribution in [1.82, 2.24) is 10.3 Å². The standard InChI is InChI=1S/C25H23Cl2F3N2O7S/c1-36-11-12-37-19-7-4-16(22(14-19)38-23-21(27)13-17(15-32-23)25(28,29)30)3-2-10-31-24(33)39-40(34,35)20-8-5-18(26)6-9-20/h4-9,13-15H,2-3,10-12H2,1H3,(H,31,33). The molecule has 0 radical (unpaired) electrons. The van der Waals surface area contributed by atoms with E-state index in [0.29, 0.717) is 48.0 Å². The van der Waals surface area contributed by atoms with Gasteiger partial charge in [0.15, 0.2) is 0 Å². The molecule has 0 aliphatic heterocycles. The first-order chi connectivity index (χ1) is 18.9. The van der Waals surface area contributed by atoms with E-state index in [9.17, 15) is 26.4 Å². The molecule has 0 aliphatic rings. The molecule has 9 nitrogen and oxygen atoms in total. The second-order valence-electron chi connectivity index (χ2n) is 8.03. The molecule has 3 aromatic rings. The van der Waals surface area contributed by atoms with Crippen LogP contribution in [0.25, 0.3) is 0 Å². The Kier molecular flexibility index (Phi) is 10.9. The third-order valence-electron chi connectivity index (χ3n) is 5.12. The lowest BCUT2D eigenvalue weighted by Gasteiger charge is -2.15. The average molecular weight is 623 g/mol. The van der Waals surface area contributed by atoms with Crippen molar-refractivity contribution in [3.8, 4) is 17.4 Å². The molecule has 40 heavy (non-hydrogen) atoms. The van der Waals surface area contributed by atoms with Gasteiger partial charge in [-0.15, -0.1) is 0 Å². The smallest absolute Gasteiger partial charge is 0.423 e. The maximum Gasteiger partial charge on any atom is 0.423 e. The molecule has 2 aromatic carbocycles. The van der Waals surface area contributed by atoms with Gasteiger partial charge in [-0.2, -0.15) is 21.6 Å². The van der Waals surface area contributed by atoms with E-state index >= 15 is 0 Å². The maximum atomic E-state index is 13.0. The molecule has 0 fully saturated rings. The first-order valence-electron chi connectivity index (χ1n) is 11.5. The van der Waals surface area contributed by atoms with Crippen LogP contribution in [0.4, 0.5) is 18.0 Å². The van der Waals surface area contributed by atoms with Crippen LogP contribution in [0.3, 0.4) is 0 Å². The number of nitrogens with one attached hydrogen (secondary N) is 1. The largest absolute Gasteiger partial charge is 0.491 e. The number of rotatable bonds is 12. The summed E-state index contributed by atoms with van der Waals surface area (Å²) < 4.78 is 84.1. The van der Waals surface area contributed by atoms with Gasteiger partial charge in [0, 0.05) is 30.9 Å². The number of hydrogen-bond acceptors (Lipinski definition) is 8. The molecular weight excluding hydrogens is 600 g/mol. The minimum absolute atomic E-state index is 0.0276. The summed E-state index contributed by atoms with van der Waals surface area (Å²) >= 11 is 11.7. The van der Waals surface area contributed by atoms with Crippen LogP contribution in [0, 0.1) is 0 Å². The molecule has 15 heteroatoms. The number of halogens is 5. The Morgan fingerprint density at radius 2 is 1.77 bits per heavy atom. The molecule has 3 rings (SSSR count). The lowest BCUT2D eigenvalue weighted by Crippen LogP contribution is -2.28. The normalized spacial score (nSPS) is 11.7. The predicted molar refractivity (Wildman–Crippen MR) is 140 cm³/mol. The zero-order chi connectivity index (χ0) is 29.3. The van der Waals surface area contributed by atoms with E-state index in [-0.39, 0.29) is 34.7 Å². The fourth-order valence-electron chi connectivity index (χ4n) is 3.18. The fourth-order valence-corrected chi connectivity index (χ4v) is 4.33.